The van der Waals surface area contributed by atoms with Gasteiger partial charge in [-0.3, -0.25) is 0 Å². The Morgan fingerprint density at radius 2 is 2.17 bits per heavy atom. The molecule has 0 unspecified atom stereocenters. The molecule has 1 amide bonds. The van der Waals surface area contributed by atoms with Crippen LogP contribution in [0.25, 0.3) is 0 Å². The maximum atomic E-state index is 11.6. The Labute approximate surface area is 106 Å². The van der Waals surface area contributed by atoms with Crippen molar-refractivity contribution in [3.05, 3.63) is 35.9 Å². The molecule has 1 aromatic carbocycles. The molecule has 0 spiro atoms. The van der Waals surface area contributed by atoms with Gasteiger partial charge in [0.25, 0.3) is 0 Å². The van der Waals surface area contributed by atoms with Gasteiger partial charge in [-0.1, -0.05) is 30.3 Å². The summed E-state index contributed by atoms with van der Waals surface area (Å²) in [6.07, 6.45) is -0.399. The normalized spacial score (nSPS) is 22.7. The maximum absolute atomic E-state index is 11.6. The number of methoxy groups -OCH3 is 1. The molecule has 0 saturated carbocycles. The molecule has 5 nitrogen and oxygen atoms in total. The van der Waals surface area contributed by atoms with E-state index in [1.54, 1.807) is 7.11 Å². The number of benzene rings is 1. The van der Waals surface area contributed by atoms with Crippen molar-refractivity contribution in [3.63, 3.8) is 0 Å². The van der Waals surface area contributed by atoms with Crippen molar-refractivity contribution in [2.75, 3.05) is 20.2 Å². The van der Waals surface area contributed by atoms with Crippen LogP contribution < -0.4 is 10.6 Å². The number of nitrogens with one attached hydrogen (secondary N) is 2. The first-order valence-electron chi connectivity index (χ1n) is 6.00. The molecule has 0 bridgehead atoms. The topological polar surface area (TPSA) is 59.6 Å². The van der Waals surface area contributed by atoms with Crippen LogP contribution in [0.3, 0.4) is 0 Å². The van der Waals surface area contributed by atoms with E-state index in [9.17, 15) is 4.79 Å². The average Bonchev–Trinajstić information content (AvgIpc) is 2.85. The fraction of sp³-hybridized carbons (Fsp3) is 0.462. The van der Waals surface area contributed by atoms with Gasteiger partial charge in [-0.25, -0.2) is 4.79 Å². The molecule has 0 aliphatic carbocycles. The van der Waals surface area contributed by atoms with Gasteiger partial charge in [0.05, 0.1) is 12.1 Å². The fourth-order valence-electron chi connectivity index (χ4n) is 1.96. The minimum atomic E-state index is -0.408. The highest BCUT2D eigenvalue weighted by Gasteiger charge is 2.28. The molecule has 1 aromatic rings. The number of carbonyl (C=O) groups is 1. The summed E-state index contributed by atoms with van der Waals surface area (Å²) in [6, 6.07) is 9.57. The number of hydrogen-bond acceptors (Lipinski definition) is 4. The predicted molar refractivity (Wildman–Crippen MR) is 67.2 cm³/mol. The minimum absolute atomic E-state index is 0.00859. The third kappa shape index (κ3) is 3.45. The zero-order valence-electron chi connectivity index (χ0n) is 10.4. The third-order valence-corrected chi connectivity index (χ3v) is 2.98. The van der Waals surface area contributed by atoms with Crippen LogP contribution in [0.1, 0.15) is 5.56 Å². The van der Waals surface area contributed by atoms with E-state index in [0.717, 1.165) is 12.1 Å². The van der Waals surface area contributed by atoms with Crippen LogP contribution in [0.5, 0.6) is 0 Å². The molecule has 1 aliphatic rings. The van der Waals surface area contributed by atoms with Crippen LogP contribution in [-0.2, 0) is 16.1 Å². The van der Waals surface area contributed by atoms with Gasteiger partial charge >= 0.3 is 6.09 Å². The van der Waals surface area contributed by atoms with Gasteiger partial charge in [-0.15, -0.1) is 0 Å². The van der Waals surface area contributed by atoms with E-state index >= 15 is 0 Å². The molecular weight excluding hydrogens is 232 g/mol. The molecule has 1 aliphatic heterocycles. The summed E-state index contributed by atoms with van der Waals surface area (Å²) >= 11 is 0. The van der Waals surface area contributed by atoms with Gasteiger partial charge in [-0.05, 0) is 5.56 Å². The van der Waals surface area contributed by atoms with Gasteiger partial charge in [0.2, 0.25) is 0 Å². The van der Waals surface area contributed by atoms with Crippen LogP contribution >= 0.6 is 0 Å². The summed E-state index contributed by atoms with van der Waals surface area (Å²) in [6.45, 7) is 1.74. The van der Waals surface area contributed by atoms with Gasteiger partial charge in [0.15, 0.2) is 0 Å². The van der Waals surface area contributed by atoms with Crippen molar-refractivity contribution < 1.29 is 14.3 Å². The number of carbonyl (C=O) groups excluding carboxylic acids is 1. The summed E-state index contributed by atoms with van der Waals surface area (Å²) in [5.74, 6) is 0. The van der Waals surface area contributed by atoms with Crippen LogP contribution in [0, 0.1) is 0 Å². The summed E-state index contributed by atoms with van der Waals surface area (Å²) < 4.78 is 10.4. The van der Waals surface area contributed by atoms with Crippen LogP contribution in [0.4, 0.5) is 4.79 Å². The second-order valence-electron chi connectivity index (χ2n) is 4.24. The molecule has 18 heavy (non-hydrogen) atoms. The first kappa shape index (κ1) is 12.9. The lowest BCUT2D eigenvalue weighted by Crippen LogP contribution is -2.43. The number of amides is 1. The highest BCUT2D eigenvalue weighted by Crippen LogP contribution is 2.05. The zero-order valence-corrected chi connectivity index (χ0v) is 10.4. The molecule has 0 radical (unpaired) electrons. The Hall–Kier alpha value is -1.59. The molecule has 2 N–H and O–H groups in total. The van der Waals surface area contributed by atoms with Crippen molar-refractivity contribution in [2.45, 2.75) is 18.8 Å². The minimum Gasteiger partial charge on any atom is -0.445 e. The molecule has 2 rings (SSSR count). The summed E-state index contributed by atoms with van der Waals surface area (Å²) in [5, 5.41) is 5.96. The molecular formula is C13H18N2O3. The lowest BCUT2D eigenvalue weighted by atomic mass is 10.2. The molecule has 1 saturated heterocycles. The van der Waals surface area contributed by atoms with E-state index < -0.39 is 6.09 Å². The van der Waals surface area contributed by atoms with Crippen molar-refractivity contribution in [3.8, 4) is 0 Å². The highest BCUT2D eigenvalue weighted by molar-refractivity contribution is 5.67. The smallest absolute Gasteiger partial charge is 0.407 e. The van der Waals surface area contributed by atoms with E-state index in [0.29, 0.717) is 6.54 Å². The number of rotatable bonds is 4. The first-order chi connectivity index (χ1) is 8.79. The van der Waals surface area contributed by atoms with Crippen molar-refractivity contribution in [1.29, 1.82) is 0 Å². The zero-order chi connectivity index (χ0) is 12.8. The third-order valence-electron chi connectivity index (χ3n) is 2.98. The Morgan fingerprint density at radius 1 is 1.39 bits per heavy atom. The van der Waals surface area contributed by atoms with Gasteiger partial charge in [0, 0.05) is 20.2 Å². The summed E-state index contributed by atoms with van der Waals surface area (Å²) in [7, 11) is 1.64. The first-order valence-corrected chi connectivity index (χ1v) is 6.00. The van der Waals surface area contributed by atoms with Crippen molar-refractivity contribution in [2.24, 2.45) is 0 Å². The Morgan fingerprint density at radius 3 is 2.89 bits per heavy atom. The van der Waals surface area contributed by atoms with E-state index in [4.69, 9.17) is 9.47 Å². The molecule has 1 fully saturated rings. The molecule has 98 valence electrons. The fourth-order valence-corrected chi connectivity index (χ4v) is 1.96. The lowest BCUT2D eigenvalue weighted by molar-refractivity contribution is 0.0862. The van der Waals surface area contributed by atoms with E-state index in [2.05, 4.69) is 10.6 Å². The molecule has 5 heteroatoms. The van der Waals surface area contributed by atoms with Crippen LogP contribution in [-0.4, -0.2) is 38.4 Å². The molecule has 1 heterocycles. The average molecular weight is 250 g/mol. The SMILES string of the molecule is CO[C@@H]1CNC[C@H]1NC(=O)OCc1ccccc1. The second kappa shape index (κ2) is 6.37. The van der Waals surface area contributed by atoms with Crippen LogP contribution in [0.2, 0.25) is 0 Å². The predicted octanol–water partition coefficient (Wildman–Crippen LogP) is 0.900. The quantitative estimate of drug-likeness (QED) is 0.833. The Kier molecular flexibility index (Phi) is 4.55. The summed E-state index contributed by atoms with van der Waals surface area (Å²) in [5.41, 5.74) is 0.973. The van der Waals surface area contributed by atoms with E-state index in [1.807, 2.05) is 30.3 Å². The van der Waals surface area contributed by atoms with E-state index in [-0.39, 0.29) is 18.8 Å². The van der Waals surface area contributed by atoms with Crippen LogP contribution in [0.15, 0.2) is 30.3 Å². The van der Waals surface area contributed by atoms with Crippen molar-refractivity contribution in [1.82, 2.24) is 10.6 Å². The second-order valence-corrected chi connectivity index (χ2v) is 4.24. The summed E-state index contributed by atoms with van der Waals surface area (Å²) in [4.78, 5) is 11.6. The lowest BCUT2D eigenvalue weighted by Gasteiger charge is -2.18. The Balaban J connectivity index is 1.75. The number of alkyl carbamates (subject to hydrolysis) is 1. The van der Waals surface area contributed by atoms with E-state index in [1.165, 1.54) is 0 Å². The number of hydrogen-bond donors (Lipinski definition) is 2. The standard InChI is InChI=1S/C13H18N2O3/c1-17-12-8-14-7-11(12)15-13(16)18-9-10-5-3-2-4-6-10/h2-6,11-12,14H,7-9H2,1H3,(H,15,16)/t11-,12-/m1/s1. The highest BCUT2D eigenvalue weighted by atomic mass is 16.5. The Bertz CT molecular complexity index is 383. The number of ether oxygens (including phenoxy) is 2. The molecule has 2 atom stereocenters. The van der Waals surface area contributed by atoms with Gasteiger partial charge in [0.1, 0.15) is 6.61 Å². The monoisotopic (exact) mass is 250 g/mol. The van der Waals surface area contributed by atoms with Crippen molar-refractivity contribution >= 4 is 6.09 Å². The maximum Gasteiger partial charge on any atom is 0.407 e. The van der Waals surface area contributed by atoms with Gasteiger partial charge in [-0.2, -0.15) is 0 Å². The molecule has 0 aromatic heterocycles. The largest absolute Gasteiger partial charge is 0.445 e. The van der Waals surface area contributed by atoms with Gasteiger partial charge < -0.3 is 20.1 Å².